The molecule has 1 rings (SSSR count). The van der Waals surface area contributed by atoms with Crippen molar-refractivity contribution in [3.8, 4) is 0 Å². The van der Waals surface area contributed by atoms with Crippen molar-refractivity contribution in [2.45, 2.75) is 12.6 Å². The molecule has 0 fully saturated rings. The maximum Gasteiger partial charge on any atom is 0.0840 e. The first kappa shape index (κ1) is 8.55. The summed E-state index contributed by atoms with van der Waals surface area (Å²) in [5.74, 6) is 0. The van der Waals surface area contributed by atoms with E-state index in [1.54, 1.807) is 0 Å². The van der Waals surface area contributed by atoms with Gasteiger partial charge >= 0.3 is 0 Å². The van der Waals surface area contributed by atoms with Gasteiger partial charge in [-0.15, -0.1) is 0 Å². The molecule has 0 saturated carbocycles. The molecule has 0 amide bonds. The molecule has 0 spiro atoms. The molecule has 0 aliphatic heterocycles. The van der Waals surface area contributed by atoms with Crippen molar-refractivity contribution in [1.29, 1.82) is 0 Å². The predicted molar refractivity (Wildman–Crippen MR) is 50.8 cm³/mol. The van der Waals surface area contributed by atoms with Gasteiger partial charge in [-0.1, -0.05) is 30.4 Å². The zero-order valence-corrected chi connectivity index (χ0v) is 7.87. The number of hydrogen-bond donors (Lipinski definition) is 0. The lowest BCUT2D eigenvalue weighted by atomic mass is 10.1. The van der Waals surface area contributed by atoms with Crippen molar-refractivity contribution in [2.24, 2.45) is 0 Å². The second-order valence-corrected chi connectivity index (χ2v) is 4.46. The minimum Gasteiger partial charge on any atom is -0.326 e. The third-order valence-electron chi connectivity index (χ3n) is 1.83. The van der Waals surface area contributed by atoms with Crippen LogP contribution in [0.2, 0.25) is 0 Å². The van der Waals surface area contributed by atoms with E-state index in [1.807, 2.05) is 44.0 Å². The van der Waals surface area contributed by atoms with E-state index in [2.05, 4.69) is 0 Å². The Labute approximate surface area is 68.3 Å². The van der Waals surface area contributed by atoms with Crippen LogP contribution in [0.1, 0.15) is 6.92 Å². The van der Waals surface area contributed by atoms with Crippen LogP contribution in [0.4, 0.5) is 0 Å². The first-order valence-corrected chi connectivity index (χ1v) is 5.76. The zero-order chi connectivity index (χ0) is 8.27. The Morgan fingerprint density at radius 2 is 2.27 bits per heavy atom. The van der Waals surface area contributed by atoms with Gasteiger partial charge in [0.05, 0.1) is 13.5 Å². The Morgan fingerprint density at radius 3 is 2.73 bits per heavy atom. The van der Waals surface area contributed by atoms with Crippen molar-refractivity contribution < 1.29 is 4.57 Å². The first-order chi connectivity index (χ1) is 5.25. The van der Waals surface area contributed by atoms with Gasteiger partial charge in [0.1, 0.15) is 0 Å². The molecule has 0 saturated heterocycles. The van der Waals surface area contributed by atoms with Crippen LogP contribution < -0.4 is 0 Å². The van der Waals surface area contributed by atoms with Gasteiger partial charge in [0, 0.05) is 0 Å². The maximum absolute atomic E-state index is 11.2. The van der Waals surface area contributed by atoms with Gasteiger partial charge in [0.2, 0.25) is 0 Å². The summed E-state index contributed by atoms with van der Waals surface area (Å²) in [6.07, 6.45) is 10.0. The summed E-state index contributed by atoms with van der Waals surface area (Å²) in [5, 5.41) is 0. The van der Waals surface area contributed by atoms with Gasteiger partial charge in [0.15, 0.2) is 0 Å². The Hall–Kier alpha value is -0.550. The summed E-state index contributed by atoms with van der Waals surface area (Å²) in [6.45, 7) is 3.79. The quantitative estimate of drug-likeness (QED) is 0.550. The first-order valence-electron chi connectivity index (χ1n) is 3.77. The number of rotatable bonds is 1. The van der Waals surface area contributed by atoms with Crippen LogP contribution in [0.5, 0.6) is 0 Å². The standard InChI is InChI=1S/C9H13OP/c1-3-8-6-4-5-7-9(8)11(2)10/h3-7,9,11H,1-2H3. The highest BCUT2D eigenvalue weighted by molar-refractivity contribution is 7.45. The van der Waals surface area contributed by atoms with Crippen molar-refractivity contribution in [1.82, 2.24) is 0 Å². The fourth-order valence-corrected chi connectivity index (χ4v) is 2.32. The highest BCUT2D eigenvalue weighted by Gasteiger charge is 2.12. The van der Waals surface area contributed by atoms with Crippen LogP contribution in [-0.2, 0) is 4.57 Å². The summed E-state index contributed by atoms with van der Waals surface area (Å²) in [6, 6.07) is 0. The monoisotopic (exact) mass is 168 g/mol. The lowest BCUT2D eigenvalue weighted by Gasteiger charge is -2.13. The predicted octanol–water partition coefficient (Wildman–Crippen LogP) is 2.62. The molecular weight excluding hydrogens is 155 g/mol. The normalized spacial score (nSPS) is 29.3. The molecule has 1 aliphatic rings. The summed E-state index contributed by atoms with van der Waals surface area (Å²) >= 11 is 0. The van der Waals surface area contributed by atoms with E-state index in [9.17, 15) is 4.57 Å². The van der Waals surface area contributed by atoms with Gasteiger partial charge in [-0.25, -0.2) is 0 Å². The van der Waals surface area contributed by atoms with E-state index < -0.39 is 7.80 Å². The fraction of sp³-hybridized carbons (Fsp3) is 0.333. The average molecular weight is 168 g/mol. The smallest absolute Gasteiger partial charge is 0.0840 e. The summed E-state index contributed by atoms with van der Waals surface area (Å²) in [4.78, 5) is 0. The molecule has 0 bridgehead atoms. The van der Waals surface area contributed by atoms with E-state index in [0.717, 1.165) is 0 Å². The zero-order valence-electron chi connectivity index (χ0n) is 6.87. The summed E-state index contributed by atoms with van der Waals surface area (Å²) < 4.78 is 11.2. The minimum atomic E-state index is -1.45. The molecule has 0 aromatic rings. The Morgan fingerprint density at radius 1 is 1.55 bits per heavy atom. The second-order valence-electron chi connectivity index (χ2n) is 2.62. The molecule has 2 atom stereocenters. The van der Waals surface area contributed by atoms with Gasteiger partial charge in [0.25, 0.3) is 0 Å². The number of allylic oxidation sites excluding steroid dienone is 6. The van der Waals surface area contributed by atoms with E-state index >= 15 is 0 Å². The third-order valence-corrected chi connectivity index (χ3v) is 3.24. The third kappa shape index (κ3) is 1.94. The van der Waals surface area contributed by atoms with Crippen LogP contribution in [0.25, 0.3) is 0 Å². The Kier molecular flexibility index (Phi) is 2.90. The fourth-order valence-electron chi connectivity index (χ4n) is 1.20. The molecule has 1 aliphatic carbocycles. The van der Waals surface area contributed by atoms with Crippen LogP contribution in [-0.4, -0.2) is 12.3 Å². The second kappa shape index (κ2) is 3.73. The highest BCUT2D eigenvalue weighted by Crippen LogP contribution is 2.32. The Bertz CT molecular complexity index is 248. The van der Waals surface area contributed by atoms with Crippen LogP contribution in [0, 0.1) is 0 Å². The molecule has 0 N–H and O–H groups in total. The molecule has 0 aromatic heterocycles. The molecular formula is C9H13OP. The molecule has 0 aromatic carbocycles. The summed E-state index contributed by atoms with van der Waals surface area (Å²) in [7, 11) is -1.45. The minimum absolute atomic E-state index is 0.176. The molecule has 11 heavy (non-hydrogen) atoms. The topological polar surface area (TPSA) is 17.1 Å². The van der Waals surface area contributed by atoms with Crippen LogP contribution >= 0.6 is 7.80 Å². The van der Waals surface area contributed by atoms with E-state index in [0.29, 0.717) is 0 Å². The molecule has 0 radical (unpaired) electrons. The SMILES string of the molecule is CC=C1C=CC=CC1[PH](C)=O. The molecule has 60 valence electrons. The molecule has 1 nitrogen and oxygen atoms in total. The van der Waals surface area contributed by atoms with E-state index in [1.165, 1.54) is 5.57 Å². The van der Waals surface area contributed by atoms with Crippen molar-refractivity contribution in [2.75, 3.05) is 6.66 Å². The van der Waals surface area contributed by atoms with Gasteiger partial charge in [-0.2, -0.15) is 0 Å². The van der Waals surface area contributed by atoms with Crippen LogP contribution in [0.15, 0.2) is 36.0 Å². The van der Waals surface area contributed by atoms with Crippen molar-refractivity contribution in [3.63, 3.8) is 0 Å². The molecule has 0 heterocycles. The van der Waals surface area contributed by atoms with Crippen LogP contribution in [0.3, 0.4) is 0 Å². The molecule has 2 heteroatoms. The van der Waals surface area contributed by atoms with E-state index in [-0.39, 0.29) is 5.66 Å². The van der Waals surface area contributed by atoms with Gasteiger partial charge < -0.3 is 4.57 Å². The van der Waals surface area contributed by atoms with Gasteiger partial charge in [-0.3, -0.25) is 0 Å². The highest BCUT2D eigenvalue weighted by atomic mass is 31.1. The lowest BCUT2D eigenvalue weighted by molar-refractivity contribution is 0.589. The largest absolute Gasteiger partial charge is 0.326 e. The Balaban J connectivity index is 2.88. The molecule has 2 unspecified atom stereocenters. The van der Waals surface area contributed by atoms with Crippen molar-refractivity contribution >= 4 is 7.80 Å². The lowest BCUT2D eigenvalue weighted by Crippen LogP contribution is -2.02. The average Bonchev–Trinajstić information content (AvgIpc) is 2.04. The van der Waals surface area contributed by atoms with E-state index in [4.69, 9.17) is 0 Å². The summed E-state index contributed by atoms with van der Waals surface area (Å²) in [5.41, 5.74) is 1.36. The van der Waals surface area contributed by atoms with Gasteiger partial charge in [-0.05, 0) is 19.2 Å². The number of hydrogen-bond acceptors (Lipinski definition) is 1. The maximum atomic E-state index is 11.2. The van der Waals surface area contributed by atoms with Crippen molar-refractivity contribution in [3.05, 3.63) is 36.0 Å².